The van der Waals surface area contributed by atoms with E-state index in [1.807, 2.05) is 0 Å². The third-order valence-electron chi connectivity index (χ3n) is 4.20. The molecule has 0 spiro atoms. The van der Waals surface area contributed by atoms with Gasteiger partial charge in [-0.3, -0.25) is 9.59 Å². The van der Waals surface area contributed by atoms with E-state index >= 15 is 0 Å². The Morgan fingerprint density at radius 2 is 1.80 bits per heavy atom. The summed E-state index contributed by atoms with van der Waals surface area (Å²) < 4.78 is 62.6. The fourth-order valence-electron chi connectivity index (χ4n) is 2.70. The Balaban J connectivity index is 1.92. The Bertz CT molecular complexity index is 1250. The summed E-state index contributed by atoms with van der Waals surface area (Å²) in [4.78, 5) is 30.2. The average molecular weight is 440 g/mol. The fraction of sp³-hybridized carbons (Fsp3) is 0.167. The van der Waals surface area contributed by atoms with E-state index in [1.165, 1.54) is 24.3 Å². The quantitative estimate of drug-likeness (QED) is 0.558. The van der Waals surface area contributed by atoms with Crippen LogP contribution in [0.3, 0.4) is 0 Å². The molecule has 0 aliphatic rings. The number of halogens is 3. The van der Waals surface area contributed by atoms with Crippen LogP contribution < -0.4 is 11.1 Å². The molecule has 0 fully saturated rings. The topological polar surface area (TPSA) is 135 Å². The van der Waals surface area contributed by atoms with E-state index in [-0.39, 0.29) is 33.9 Å². The molecule has 2 aromatic carbocycles. The normalized spacial score (nSPS) is 12.1. The van der Waals surface area contributed by atoms with Crippen molar-refractivity contribution in [2.24, 2.45) is 5.73 Å². The number of nitrogens with two attached hydrogens (primary N) is 1. The zero-order chi connectivity index (χ0) is 22.3. The molecule has 1 heterocycles. The SMILES string of the molecule is CS(=O)(=O)c1ccc(CNC(=O)c2cc(C(F)(F)F)cc3nc(C(N)=O)[nH]c23)cc1. The molecule has 0 saturated carbocycles. The Morgan fingerprint density at radius 3 is 2.33 bits per heavy atom. The van der Waals surface area contributed by atoms with Crippen molar-refractivity contribution in [2.75, 3.05) is 6.26 Å². The molecular weight excluding hydrogens is 425 g/mol. The third-order valence-corrected chi connectivity index (χ3v) is 5.33. The Hall–Kier alpha value is -3.41. The Kier molecular flexibility index (Phi) is 5.29. The van der Waals surface area contributed by atoms with Crippen LogP contribution in [0.25, 0.3) is 11.0 Å². The van der Waals surface area contributed by atoms with Gasteiger partial charge in [0.1, 0.15) is 0 Å². The molecule has 0 radical (unpaired) electrons. The van der Waals surface area contributed by atoms with E-state index in [0.29, 0.717) is 17.7 Å². The summed E-state index contributed by atoms with van der Waals surface area (Å²) >= 11 is 0. The number of alkyl halides is 3. The number of primary amides is 1. The molecule has 0 aliphatic heterocycles. The van der Waals surface area contributed by atoms with E-state index < -0.39 is 33.4 Å². The van der Waals surface area contributed by atoms with E-state index in [9.17, 15) is 31.2 Å². The van der Waals surface area contributed by atoms with Gasteiger partial charge in [0.2, 0.25) is 0 Å². The van der Waals surface area contributed by atoms with Gasteiger partial charge in [-0.25, -0.2) is 13.4 Å². The number of nitrogens with zero attached hydrogens (tertiary/aromatic N) is 1. The number of hydrogen-bond acceptors (Lipinski definition) is 5. The third kappa shape index (κ3) is 4.43. The van der Waals surface area contributed by atoms with Gasteiger partial charge < -0.3 is 16.0 Å². The lowest BCUT2D eigenvalue weighted by atomic mass is 10.1. The van der Waals surface area contributed by atoms with Gasteiger partial charge in [0, 0.05) is 12.8 Å². The molecule has 0 aliphatic carbocycles. The maximum atomic E-state index is 13.2. The summed E-state index contributed by atoms with van der Waals surface area (Å²) in [6.07, 6.45) is -3.69. The van der Waals surface area contributed by atoms with Gasteiger partial charge in [0.25, 0.3) is 11.8 Å². The number of sulfone groups is 1. The van der Waals surface area contributed by atoms with Crippen molar-refractivity contribution in [3.8, 4) is 0 Å². The van der Waals surface area contributed by atoms with Gasteiger partial charge >= 0.3 is 6.18 Å². The molecule has 3 aromatic rings. The predicted molar refractivity (Wildman–Crippen MR) is 100 cm³/mol. The van der Waals surface area contributed by atoms with Crippen LogP contribution in [0, 0.1) is 0 Å². The summed E-state index contributed by atoms with van der Waals surface area (Å²) in [5.74, 6) is -2.22. The lowest BCUT2D eigenvalue weighted by molar-refractivity contribution is -0.137. The highest BCUT2D eigenvalue weighted by molar-refractivity contribution is 7.90. The first kappa shape index (κ1) is 21.3. The number of carbonyl (C=O) groups excluding carboxylic acids is 2. The second-order valence-corrected chi connectivity index (χ2v) is 8.48. The van der Waals surface area contributed by atoms with Crippen LogP contribution in [-0.2, 0) is 22.6 Å². The zero-order valence-corrected chi connectivity index (χ0v) is 16.2. The number of carbonyl (C=O) groups is 2. The second-order valence-electron chi connectivity index (χ2n) is 6.46. The molecule has 0 saturated heterocycles. The van der Waals surface area contributed by atoms with Crippen molar-refractivity contribution >= 4 is 32.7 Å². The van der Waals surface area contributed by atoms with Crippen molar-refractivity contribution < 1.29 is 31.2 Å². The van der Waals surface area contributed by atoms with E-state index in [1.54, 1.807) is 0 Å². The smallest absolute Gasteiger partial charge is 0.363 e. The molecule has 0 bridgehead atoms. The van der Waals surface area contributed by atoms with Crippen LogP contribution in [0.15, 0.2) is 41.3 Å². The van der Waals surface area contributed by atoms with Crippen molar-refractivity contribution in [3.05, 3.63) is 58.9 Å². The number of nitrogens with one attached hydrogen (secondary N) is 2. The molecule has 12 heteroatoms. The summed E-state index contributed by atoms with van der Waals surface area (Å²) in [6, 6.07) is 7.01. The highest BCUT2D eigenvalue weighted by Gasteiger charge is 2.33. The van der Waals surface area contributed by atoms with Crippen LogP contribution in [0.5, 0.6) is 0 Å². The second kappa shape index (κ2) is 7.44. The fourth-order valence-corrected chi connectivity index (χ4v) is 3.34. The number of rotatable bonds is 5. The van der Waals surface area contributed by atoms with Crippen LogP contribution in [-0.4, -0.2) is 36.5 Å². The maximum absolute atomic E-state index is 13.2. The van der Waals surface area contributed by atoms with E-state index in [2.05, 4.69) is 15.3 Å². The molecule has 3 rings (SSSR count). The van der Waals surface area contributed by atoms with Gasteiger partial charge in [0.05, 0.1) is 27.1 Å². The molecule has 158 valence electrons. The number of fused-ring (bicyclic) bond motifs is 1. The first-order valence-electron chi connectivity index (χ1n) is 8.34. The molecule has 0 unspecified atom stereocenters. The molecule has 1 aromatic heterocycles. The first-order valence-corrected chi connectivity index (χ1v) is 10.2. The van der Waals surface area contributed by atoms with Crippen molar-refractivity contribution in [3.63, 3.8) is 0 Å². The van der Waals surface area contributed by atoms with Crippen LogP contribution in [0.4, 0.5) is 13.2 Å². The highest BCUT2D eigenvalue weighted by atomic mass is 32.2. The first-order chi connectivity index (χ1) is 13.9. The van der Waals surface area contributed by atoms with Gasteiger partial charge in [-0.15, -0.1) is 0 Å². The summed E-state index contributed by atoms with van der Waals surface area (Å²) in [7, 11) is -3.38. The standard InChI is InChI=1S/C18H15F3N4O4S/c1-30(28,29)11-4-2-9(3-5-11)8-23-17(27)12-6-10(18(19,20)21)7-13-14(12)25-16(24-13)15(22)26/h2-7H,8H2,1H3,(H2,22,26)(H,23,27)(H,24,25). The minimum Gasteiger partial charge on any atom is -0.363 e. The number of aromatic nitrogens is 2. The average Bonchev–Trinajstić information content (AvgIpc) is 3.09. The lowest BCUT2D eigenvalue weighted by Gasteiger charge is -2.11. The van der Waals surface area contributed by atoms with Crippen LogP contribution in [0.1, 0.15) is 32.1 Å². The van der Waals surface area contributed by atoms with Crippen molar-refractivity contribution in [2.45, 2.75) is 17.6 Å². The summed E-state index contributed by atoms with van der Waals surface area (Å²) in [6.45, 7) is -0.0720. The molecule has 0 atom stereocenters. The molecule has 4 N–H and O–H groups in total. The molecule has 2 amide bonds. The molecular formula is C18H15F3N4O4S. The largest absolute Gasteiger partial charge is 0.416 e. The van der Waals surface area contributed by atoms with E-state index in [4.69, 9.17) is 5.73 Å². The minimum absolute atomic E-state index is 0.0678. The monoisotopic (exact) mass is 440 g/mol. The Labute approximate surface area is 168 Å². The number of benzene rings is 2. The zero-order valence-electron chi connectivity index (χ0n) is 15.4. The lowest BCUT2D eigenvalue weighted by Crippen LogP contribution is -2.24. The number of amides is 2. The van der Waals surface area contributed by atoms with Gasteiger partial charge in [-0.1, -0.05) is 12.1 Å². The number of imidazole rings is 1. The molecule has 30 heavy (non-hydrogen) atoms. The number of hydrogen-bond donors (Lipinski definition) is 3. The maximum Gasteiger partial charge on any atom is 0.416 e. The number of H-pyrrole nitrogens is 1. The molecule has 8 nitrogen and oxygen atoms in total. The Morgan fingerprint density at radius 1 is 1.17 bits per heavy atom. The van der Waals surface area contributed by atoms with Crippen molar-refractivity contribution in [1.82, 2.24) is 15.3 Å². The summed E-state index contributed by atoms with van der Waals surface area (Å²) in [5, 5.41) is 2.46. The highest BCUT2D eigenvalue weighted by Crippen LogP contribution is 2.32. The summed E-state index contributed by atoms with van der Waals surface area (Å²) in [5.41, 5.74) is 3.85. The van der Waals surface area contributed by atoms with Gasteiger partial charge in [-0.05, 0) is 29.8 Å². The van der Waals surface area contributed by atoms with E-state index in [0.717, 1.165) is 6.26 Å². The number of aromatic amines is 1. The van der Waals surface area contributed by atoms with Crippen molar-refractivity contribution in [1.29, 1.82) is 0 Å². The van der Waals surface area contributed by atoms with Crippen LogP contribution >= 0.6 is 0 Å². The minimum atomic E-state index is -4.74. The van der Waals surface area contributed by atoms with Gasteiger partial charge in [-0.2, -0.15) is 13.2 Å². The van der Waals surface area contributed by atoms with Crippen LogP contribution in [0.2, 0.25) is 0 Å². The predicted octanol–water partition coefficient (Wildman–Crippen LogP) is 2.01. The van der Waals surface area contributed by atoms with Gasteiger partial charge in [0.15, 0.2) is 15.7 Å².